The van der Waals surface area contributed by atoms with Crippen LogP contribution in [0.3, 0.4) is 0 Å². The standard InChI is InChI=1S/C15H20N2O2/c1-3-18-15-5-4-12(10-16)9-14(15)17-13-6-7-19-11(2)8-13/h4-5,9,11,13,17H,3,6-8H2,1-2H3/t11-,13-/m0/s1. The fourth-order valence-electron chi connectivity index (χ4n) is 2.34. The maximum Gasteiger partial charge on any atom is 0.142 e. The topological polar surface area (TPSA) is 54.3 Å². The molecule has 0 unspecified atom stereocenters. The summed E-state index contributed by atoms with van der Waals surface area (Å²) in [6.45, 7) is 5.44. The van der Waals surface area contributed by atoms with Crippen LogP contribution in [-0.2, 0) is 4.74 Å². The van der Waals surface area contributed by atoms with Crippen LogP contribution in [0, 0.1) is 11.3 Å². The molecule has 4 heteroatoms. The Kier molecular flexibility index (Phi) is 4.64. The molecule has 1 aliphatic rings. The van der Waals surface area contributed by atoms with Gasteiger partial charge in [-0.3, -0.25) is 0 Å². The molecule has 1 heterocycles. The zero-order valence-corrected chi connectivity index (χ0v) is 11.5. The molecule has 2 atom stereocenters. The summed E-state index contributed by atoms with van der Waals surface area (Å²) in [5.74, 6) is 0.806. The van der Waals surface area contributed by atoms with Gasteiger partial charge in [-0.15, -0.1) is 0 Å². The van der Waals surface area contributed by atoms with Gasteiger partial charge in [0.25, 0.3) is 0 Å². The van der Waals surface area contributed by atoms with Gasteiger partial charge >= 0.3 is 0 Å². The second-order valence-electron chi connectivity index (χ2n) is 4.80. The number of rotatable bonds is 4. The molecule has 102 valence electrons. The van der Waals surface area contributed by atoms with Gasteiger partial charge in [0.2, 0.25) is 0 Å². The predicted molar refractivity (Wildman–Crippen MR) is 74.4 cm³/mol. The lowest BCUT2D eigenvalue weighted by molar-refractivity contribution is 0.0232. The van der Waals surface area contributed by atoms with E-state index in [1.807, 2.05) is 19.1 Å². The summed E-state index contributed by atoms with van der Waals surface area (Å²) in [5, 5.41) is 12.5. The molecule has 1 N–H and O–H groups in total. The van der Waals surface area contributed by atoms with Crippen molar-refractivity contribution >= 4 is 5.69 Å². The van der Waals surface area contributed by atoms with Gasteiger partial charge < -0.3 is 14.8 Å². The smallest absolute Gasteiger partial charge is 0.142 e. The molecule has 0 bridgehead atoms. The van der Waals surface area contributed by atoms with Crippen LogP contribution in [0.2, 0.25) is 0 Å². The Labute approximate surface area is 114 Å². The van der Waals surface area contributed by atoms with E-state index in [0.29, 0.717) is 18.2 Å². The first-order valence-electron chi connectivity index (χ1n) is 6.78. The van der Waals surface area contributed by atoms with Crippen LogP contribution in [0.15, 0.2) is 18.2 Å². The molecule has 0 amide bonds. The molecule has 1 fully saturated rings. The highest BCUT2D eigenvalue weighted by Gasteiger charge is 2.20. The lowest BCUT2D eigenvalue weighted by Gasteiger charge is -2.29. The third-order valence-electron chi connectivity index (χ3n) is 3.25. The van der Waals surface area contributed by atoms with Gasteiger partial charge in [0.05, 0.1) is 30.0 Å². The fraction of sp³-hybridized carbons (Fsp3) is 0.533. The Bertz CT molecular complexity index is 468. The zero-order chi connectivity index (χ0) is 13.7. The summed E-state index contributed by atoms with van der Waals surface area (Å²) in [6.07, 6.45) is 2.23. The molecule has 1 aromatic rings. The number of ether oxygens (including phenoxy) is 2. The second kappa shape index (κ2) is 6.44. The number of hydrogen-bond donors (Lipinski definition) is 1. The van der Waals surface area contributed by atoms with E-state index in [1.54, 1.807) is 6.07 Å². The van der Waals surface area contributed by atoms with Gasteiger partial charge in [0.15, 0.2) is 0 Å². The van der Waals surface area contributed by atoms with Crippen molar-refractivity contribution in [1.82, 2.24) is 0 Å². The molecule has 0 aliphatic carbocycles. The molecule has 0 radical (unpaired) electrons. The maximum absolute atomic E-state index is 8.99. The summed E-state index contributed by atoms with van der Waals surface area (Å²) in [4.78, 5) is 0. The number of hydrogen-bond acceptors (Lipinski definition) is 4. The highest BCUT2D eigenvalue weighted by Crippen LogP contribution is 2.28. The van der Waals surface area contributed by atoms with Crippen LogP contribution in [0.1, 0.15) is 32.3 Å². The number of benzene rings is 1. The quantitative estimate of drug-likeness (QED) is 0.904. The van der Waals surface area contributed by atoms with Crippen LogP contribution in [-0.4, -0.2) is 25.4 Å². The van der Waals surface area contributed by atoms with E-state index >= 15 is 0 Å². The van der Waals surface area contributed by atoms with E-state index in [0.717, 1.165) is 30.9 Å². The Balaban J connectivity index is 2.14. The van der Waals surface area contributed by atoms with E-state index in [4.69, 9.17) is 14.7 Å². The highest BCUT2D eigenvalue weighted by atomic mass is 16.5. The van der Waals surface area contributed by atoms with E-state index in [9.17, 15) is 0 Å². The largest absolute Gasteiger partial charge is 0.492 e. The van der Waals surface area contributed by atoms with Crippen molar-refractivity contribution in [2.75, 3.05) is 18.5 Å². The summed E-state index contributed by atoms with van der Waals surface area (Å²) in [5.41, 5.74) is 1.55. The number of nitrogens with one attached hydrogen (secondary N) is 1. The molecular weight excluding hydrogens is 240 g/mol. The van der Waals surface area contributed by atoms with Crippen molar-refractivity contribution < 1.29 is 9.47 Å². The minimum atomic E-state index is 0.279. The zero-order valence-electron chi connectivity index (χ0n) is 11.5. The summed E-state index contributed by atoms with van der Waals surface area (Å²) < 4.78 is 11.1. The molecule has 0 saturated carbocycles. The minimum absolute atomic E-state index is 0.279. The molecule has 0 spiro atoms. The fourth-order valence-corrected chi connectivity index (χ4v) is 2.34. The monoisotopic (exact) mass is 260 g/mol. The highest BCUT2D eigenvalue weighted by molar-refractivity contribution is 5.60. The summed E-state index contributed by atoms with van der Waals surface area (Å²) in [7, 11) is 0. The molecule has 1 aromatic carbocycles. The Hall–Kier alpha value is -1.73. The molecule has 1 aliphatic heterocycles. The van der Waals surface area contributed by atoms with Crippen LogP contribution >= 0.6 is 0 Å². The van der Waals surface area contributed by atoms with Gasteiger partial charge in [-0.2, -0.15) is 5.26 Å². The molecule has 4 nitrogen and oxygen atoms in total. The first-order valence-corrected chi connectivity index (χ1v) is 6.78. The van der Waals surface area contributed by atoms with Crippen molar-refractivity contribution in [3.63, 3.8) is 0 Å². The van der Waals surface area contributed by atoms with Gasteiger partial charge in [0.1, 0.15) is 5.75 Å². The van der Waals surface area contributed by atoms with E-state index in [-0.39, 0.29) is 6.10 Å². The van der Waals surface area contributed by atoms with Crippen molar-refractivity contribution in [3.05, 3.63) is 23.8 Å². The van der Waals surface area contributed by atoms with Crippen LogP contribution < -0.4 is 10.1 Å². The van der Waals surface area contributed by atoms with E-state index < -0.39 is 0 Å². The van der Waals surface area contributed by atoms with Crippen molar-refractivity contribution in [3.8, 4) is 11.8 Å². The third-order valence-corrected chi connectivity index (χ3v) is 3.25. The minimum Gasteiger partial charge on any atom is -0.492 e. The normalized spacial score (nSPS) is 22.6. The van der Waals surface area contributed by atoms with Gasteiger partial charge in [0, 0.05) is 12.6 Å². The van der Waals surface area contributed by atoms with Crippen molar-refractivity contribution in [2.24, 2.45) is 0 Å². The first kappa shape index (κ1) is 13.7. The molecule has 19 heavy (non-hydrogen) atoms. The average Bonchev–Trinajstić information content (AvgIpc) is 2.41. The number of nitrogens with zero attached hydrogens (tertiary/aromatic N) is 1. The predicted octanol–water partition coefficient (Wildman–Crippen LogP) is 2.94. The first-order chi connectivity index (χ1) is 9.22. The van der Waals surface area contributed by atoms with Crippen LogP contribution in [0.5, 0.6) is 5.75 Å². The summed E-state index contributed by atoms with van der Waals surface area (Å²) in [6, 6.07) is 8.02. The number of anilines is 1. The number of nitriles is 1. The van der Waals surface area contributed by atoms with E-state index in [1.165, 1.54) is 0 Å². The van der Waals surface area contributed by atoms with Crippen LogP contribution in [0.25, 0.3) is 0 Å². The molecule has 0 aromatic heterocycles. The average molecular weight is 260 g/mol. The molecular formula is C15H20N2O2. The Morgan fingerprint density at radius 3 is 3.05 bits per heavy atom. The second-order valence-corrected chi connectivity index (χ2v) is 4.80. The Morgan fingerprint density at radius 1 is 1.53 bits per heavy atom. The molecule has 1 saturated heterocycles. The lowest BCUT2D eigenvalue weighted by Crippen LogP contribution is -2.32. The van der Waals surface area contributed by atoms with Crippen LogP contribution in [0.4, 0.5) is 5.69 Å². The third kappa shape index (κ3) is 3.62. The van der Waals surface area contributed by atoms with E-state index in [2.05, 4.69) is 18.3 Å². The SMILES string of the molecule is CCOc1ccc(C#N)cc1N[C@H]1CCO[C@@H](C)C1. The molecule has 2 rings (SSSR count). The van der Waals surface area contributed by atoms with Gasteiger partial charge in [-0.1, -0.05) is 0 Å². The van der Waals surface area contributed by atoms with Crippen molar-refractivity contribution in [1.29, 1.82) is 5.26 Å². The lowest BCUT2D eigenvalue weighted by atomic mass is 10.0. The maximum atomic E-state index is 8.99. The van der Waals surface area contributed by atoms with Crippen molar-refractivity contribution in [2.45, 2.75) is 38.8 Å². The van der Waals surface area contributed by atoms with Gasteiger partial charge in [-0.25, -0.2) is 0 Å². The summed E-state index contributed by atoms with van der Waals surface area (Å²) >= 11 is 0. The van der Waals surface area contributed by atoms with Gasteiger partial charge in [-0.05, 0) is 44.9 Å². The Morgan fingerprint density at radius 2 is 2.37 bits per heavy atom.